The van der Waals surface area contributed by atoms with E-state index in [9.17, 15) is 0 Å². The molecule has 1 heterocycles. The molecule has 0 aliphatic carbocycles. The normalized spacial score (nSPS) is 22.6. The quantitative estimate of drug-likeness (QED) is 0.867. The van der Waals surface area contributed by atoms with Crippen LogP contribution >= 0.6 is 0 Å². The van der Waals surface area contributed by atoms with Gasteiger partial charge in [0.25, 0.3) is 0 Å². The van der Waals surface area contributed by atoms with Gasteiger partial charge in [0.1, 0.15) is 0 Å². The van der Waals surface area contributed by atoms with Gasteiger partial charge in [-0.05, 0) is 32.4 Å². The van der Waals surface area contributed by atoms with Crippen LogP contribution in [-0.2, 0) is 0 Å². The molecule has 1 aromatic rings. The van der Waals surface area contributed by atoms with Crippen molar-refractivity contribution in [2.75, 3.05) is 18.0 Å². The van der Waals surface area contributed by atoms with Gasteiger partial charge in [0, 0.05) is 30.4 Å². The molecule has 3 heteroatoms. The molecule has 1 saturated heterocycles. The van der Waals surface area contributed by atoms with Crippen molar-refractivity contribution in [1.82, 2.24) is 5.32 Å². The van der Waals surface area contributed by atoms with Crippen LogP contribution in [0, 0.1) is 18.3 Å². The first kappa shape index (κ1) is 12.9. The minimum absolute atomic E-state index is 0.0814. The van der Waals surface area contributed by atoms with Crippen LogP contribution < -0.4 is 10.2 Å². The van der Waals surface area contributed by atoms with Crippen molar-refractivity contribution in [3.8, 4) is 6.07 Å². The summed E-state index contributed by atoms with van der Waals surface area (Å²) in [6.07, 6.45) is 0.568. The van der Waals surface area contributed by atoms with E-state index in [2.05, 4.69) is 61.3 Å². The topological polar surface area (TPSA) is 39.1 Å². The molecule has 0 aromatic heterocycles. The second-order valence-corrected chi connectivity index (χ2v) is 5.65. The summed E-state index contributed by atoms with van der Waals surface area (Å²) in [6, 6.07) is 11.0. The van der Waals surface area contributed by atoms with Crippen LogP contribution in [0.25, 0.3) is 0 Å². The molecule has 1 atom stereocenters. The Bertz CT molecular complexity index is 459. The van der Waals surface area contributed by atoms with E-state index >= 15 is 0 Å². The summed E-state index contributed by atoms with van der Waals surface area (Å²) >= 11 is 0. The first-order valence-corrected chi connectivity index (χ1v) is 6.48. The van der Waals surface area contributed by atoms with Gasteiger partial charge in [0.2, 0.25) is 0 Å². The maximum atomic E-state index is 8.85. The highest BCUT2D eigenvalue weighted by Gasteiger charge is 2.34. The number of rotatable bonds is 2. The molecule has 1 aliphatic heterocycles. The van der Waals surface area contributed by atoms with Gasteiger partial charge < -0.3 is 10.2 Å². The summed E-state index contributed by atoms with van der Waals surface area (Å²) in [5, 5.41) is 12.3. The highest BCUT2D eigenvalue weighted by molar-refractivity contribution is 5.55. The predicted octanol–water partition coefficient (Wildman–Crippen LogP) is 2.47. The second kappa shape index (κ2) is 4.99. The largest absolute Gasteiger partial charge is 0.363 e. The van der Waals surface area contributed by atoms with Crippen LogP contribution in [-0.4, -0.2) is 24.7 Å². The highest BCUT2D eigenvalue weighted by atomic mass is 15.3. The van der Waals surface area contributed by atoms with Crippen molar-refractivity contribution in [3.63, 3.8) is 0 Å². The van der Waals surface area contributed by atoms with Crippen molar-refractivity contribution in [2.45, 2.75) is 38.8 Å². The molecule has 2 rings (SSSR count). The molecule has 1 N–H and O–H groups in total. The first-order valence-electron chi connectivity index (χ1n) is 6.48. The van der Waals surface area contributed by atoms with Crippen LogP contribution in [0.4, 0.5) is 5.69 Å². The van der Waals surface area contributed by atoms with E-state index in [1.165, 1.54) is 11.3 Å². The summed E-state index contributed by atoms with van der Waals surface area (Å²) in [4.78, 5) is 2.43. The predicted molar refractivity (Wildman–Crippen MR) is 74.6 cm³/mol. The number of hydrogen-bond acceptors (Lipinski definition) is 3. The Kier molecular flexibility index (Phi) is 3.58. The Morgan fingerprint density at radius 1 is 1.44 bits per heavy atom. The van der Waals surface area contributed by atoms with Gasteiger partial charge in [0.05, 0.1) is 12.5 Å². The molecular formula is C15H21N3. The third-order valence-corrected chi connectivity index (χ3v) is 3.70. The van der Waals surface area contributed by atoms with Gasteiger partial charge in [-0.1, -0.05) is 18.2 Å². The fourth-order valence-electron chi connectivity index (χ4n) is 2.56. The summed E-state index contributed by atoms with van der Waals surface area (Å²) in [7, 11) is 0. The lowest BCUT2D eigenvalue weighted by Crippen LogP contribution is -2.62. The molecule has 18 heavy (non-hydrogen) atoms. The van der Waals surface area contributed by atoms with Gasteiger partial charge in [0.15, 0.2) is 0 Å². The van der Waals surface area contributed by atoms with Crippen LogP contribution in [0.2, 0.25) is 0 Å². The molecule has 0 amide bonds. The fourth-order valence-corrected chi connectivity index (χ4v) is 2.56. The molecule has 3 nitrogen and oxygen atoms in total. The second-order valence-electron chi connectivity index (χ2n) is 5.65. The van der Waals surface area contributed by atoms with Crippen molar-refractivity contribution in [3.05, 3.63) is 29.8 Å². The number of hydrogen-bond donors (Lipinski definition) is 1. The van der Waals surface area contributed by atoms with Crippen LogP contribution in [0.15, 0.2) is 24.3 Å². The number of benzene rings is 1. The molecule has 0 radical (unpaired) electrons. The lowest BCUT2D eigenvalue weighted by molar-refractivity contribution is 0.324. The van der Waals surface area contributed by atoms with E-state index in [4.69, 9.17) is 5.26 Å². The summed E-state index contributed by atoms with van der Waals surface area (Å²) in [5.74, 6) is 0. The number of anilines is 1. The number of nitrogens with one attached hydrogen (secondary N) is 1. The Morgan fingerprint density at radius 2 is 2.17 bits per heavy atom. The maximum Gasteiger partial charge on any atom is 0.0638 e. The summed E-state index contributed by atoms with van der Waals surface area (Å²) in [6.45, 7) is 8.44. The van der Waals surface area contributed by atoms with Crippen LogP contribution in [0.1, 0.15) is 25.8 Å². The van der Waals surface area contributed by atoms with E-state index in [0.29, 0.717) is 6.42 Å². The molecule has 1 aliphatic rings. The molecule has 1 unspecified atom stereocenters. The van der Waals surface area contributed by atoms with E-state index in [1.807, 2.05) is 0 Å². The average Bonchev–Trinajstić information content (AvgIpc) is 2.33. The van der Waals surface area contributed by atoms with Gasteiger partial charge in [-0.2, -0.15) is 5.26 Å². The number of nitrogens with zero attached hydrogens (tertiary/aromatic N) is 2. The molecule has 1 aromatic carbocycles. The van der Waals surface area contributed by atoms with Gasteiger partial charge in [-0.3, -0.25) is 0 Å². The van der Waals surface area contributed by atoms with E-state index < -0.39 is 0 Å². The Hall–Kier alpha value is -1.53. The third kappa shape index (κ3) is 2.49. The minimum Gasteiger partial charge on any atom is -0.363 e. The Balaban J connectivity index is 2.28. The van der Waals surface area contributed by atoms with Crippen molar-refractivity contribution in [1.29, 1.82) is 5.26 Å². The number of nitriles is 1. The average molecular weight is 243 g/mol. The van der Waals surface area contributed by atoms with E-state index in [1.54, 1.807) is 0 Å². The monoisotopic (exact) mass is 243 g/mol. The Labute approximate surface area is 109 Å². The first-order chi connectivity index (χ1) is 8.54. The molecule has 0 bridgehead atoms. The van der Waals surface area contributed by atoms with Crippen molar-refractivity contribution < 1.29 is 0 Å². The molecule has 1 fully saturated rings. The van der Waals surface area contributed by atoms with Crippen molar-refractivity contribution >= 4 is 5.69 Å². The zero-order valence-electron chi connectivity index (χ0n) is 11.4. The lowest BCUT2D eigenvalue weighted by Gasteiger charge is -2.47. The summed E-state index contributed by atoms with van der Waals surface area (Å²) in [5.41, 5.74) is 2.66. The van der Waals surface area contributed by atoms with Gasteiger partial charge in [-0.25, -0.2) is 0 Å². The molecule has 0 saturated carbocycles. The number of para-hydroxylation sites is 1. The fraction of sp³-hybridized carbons (Fsp3) is 0.533. The van der Waals surface area contributed by atoms with Crippen molar-refractivity contribution in [2.24, 2.45) is 0 Å². The van der Waals surface area contributed by atoms with Crippen LogP contribution in [0.3, 0.4) is 0 Å². The van der Waals surface area contributed by atoms with Gasteiger partial charge >= 0.3 is 0 Å². The maximum absolute atomic E-state index is 8.85. The number of piperazine rings is 1. The van der Waals surface area contributed by atoms with E-state index in [-0.39, 0.29) is 11.6 Å². The zero-order valence-corrected chi connectivity index (χ0v) is 11.4. The molecule has 96 valence electrons. The third-order valence-electron chi connectivity index (χ3n) is 3.70. The lowest BCUT2D eigenvalue weighted by atomic mass is 9.94. The zero-order chi connectivity index (χ0) is 13.2. The SMILES string of the molecule is Cc1ccccc1N1CC(CC#N)NCC1(C)C. The van der Waals surface area contributed by atoms with E-state index in [0.717, 1.165) is 13.1 Å². The minimum atomic E-state index is 0.0814. The molecular weight excluding hydrogens is 222 g/mol. The summed E-state index contributed by atoms with van der Waals surface area (Å²) < 4.78 is 0. The number of aryl methyl sites for hydroxylation is 1. The highest BCUT2D eigenvalue weighted by Crippen LogP contribution is 2.29. The standard InChI is InChI=1S/C15H21N3/c1-12-6-4-5-7-14(12)18-10-13(8-9-16)17-11-15(18,2)3/h4-7,13,17H,8,10-11H2,1-3H3. The Morgan fingerprint density at radius 3 is 2.83 bits per heavy atom. The smallest absolute Gasteiger partial charge is 0.0638 e. The van der Waals surface area contributed by atoms with Crippen LogP contribution in [0.5, 0.6) is 0 Å². The van der Waals surface area contributed by atoms with Gasteiger partial charge in [-0.15, -0.1) is 0 Å². The molecule has 0 spiro atoms.